The first-order chi connectivity index (χ1) is 47.7. The molecule has 0 spiro atoms. The number of fused-ring (bicyclic) bond motifs is 4. The standard InChI is InChI=1S/C12H18N2O6S.C11H14N2O3.C10H12N8O3.C10H16N4O3.C10H14N2O5.H6P4.H5P3.H4P2.H3P/c1-4-8-9(20-21(3,17)18)5-10(19-8)14-6-7(2)11(15)13-12(14)16;1-3-7-8-4-9(15-7)13-5-6(2)10(14)12-11(13)16-8;1-5-4-18(10(20)14-9(5)19)8-2-6(15-17-12)7(21-8)3-13-16-11;1-5-4-14(10(16)13-9(5)15)8-2-6(12)7(3-11)17-8;1-5-3-12(10(16)11-9(5)15)8-2-6(14)7(4-13)17-8;1-4(2)3;1-3-2;1-2;/h6,8-10H,4-5H2,1-3H3,(H,13,15,16);5,7-9H,3-4H2,1-2H3;4,6-8H,2-3H2,1H3,(H,14,19,20);4,6-8H,2-3,11-12H2,1H3,(H,13,15,16);3,6-8,13-14H,2,4H2,1H3,(H,11,15,16);1-3H2;3H,1-2H2;1-2H2;1H3/t8-,9-,10-;7-,8+,9-;3*6-,7-,8-;;;;/m11111..../s1. The van der Waals surface area contributed by atoms with Crippen LogP contribution in [0.4, 0.5) is 0 Å². The predicted molar refractivity (Wildman–Crippen MR) is 416 cm³/mol. The van der Waals surface area contributed by atoms with Crippen LogP contribution < -0.4 is 66.8 Å². The molecule has 0 radical (unpaired) electrons. The van der Waals surface area contributed by atoms with Crippen molar-refractivity contribution in [1.82, 2.24) is 47.8 Å². The van der Waals surface area contributed by atoms with E-state index in [-0.39, 0.29) is 91.0 Å². The number of nitrogens with two attached hydrogens (primary N) is 2. The van der Waals surface area contributed by atoms with Crippen molar-refractivity contribution in [2.75, 3.05) is 26.0 Å². The van der Waals surface area contributed by atoms with Crippen molar-refractivity contribution in [3.05, 3.63) is 173 Å². The minimum atomic E-state index is -3.61. The number of rotatable bonds is 13. The smallest absolute Gasteiger partial charge is 0.330 e. The van der Waals surface area contributed by atoms with Gasteiger partial charge in [-0.2, -0.15) is 23.3 Å². The van der Waals surface area contributed by atoms with Crippen LogP contribution in [0.3, 0.4) is 0 Å². The number of aryl methyl sites for hydroxylation is 5. The van der Waals surface area contributed by atoms with Crippen LogP contribution in [0.2, 0.25) is 0 Å². The molecule has 0 aliphatic carbocycles. The highest BCUT2D eigenvalue weighted by Gasteiger charge is 2.43. The number of aliphatic hydroxyl groups excluding tert-OH is 2. The van der Waals surface area contributed by atoms with Crippen molar-refractivity contribution in [1.29, 1.82) is 0 Å². The van der Waals surface area contributed by atoms with Crippen LogP contribution in [0, 0.1) is 34.6 Å². The third-order valence-corrected chi connectivity index (χ3v) is 16.2. The summed E-state index contributed by atoms with van der Waals surface area (Å²) in [4.78, 5) is 121. The van der Waals surface area contributed by atoms with Crippen molar-refractivity contribution < 1.29 is 51.2 Å². The molecule has 2 bridgehead atoms. The van der Waals surface area contributed by atoms with Crippen molar-refractivity contribution in [3.63, 3.8) is 0 Å². The van der Waals surface area contributed by atoms with Gasteiger partial charge in [0.25, 0.3) is 37.9 Å². The van der Waals surface area contributed by atoms with E-state index >= 15 is 0 Å². The lowest BCUT2D eigenvalue weighted by Crippen LogP contribution is -2.36. The van der Waals surface area contributed by atoms with Gasteiger partial charge in [-0.15, -0.1) is 62.5 Å². The van der Waals surface area contributed by atoms with E-state index in [1.165, 1.54) is 43.1 Å². The largest absolute Gasteiger partial charge is 0.458 e. The summed E-state index contributed by atoms with van der Waals surface area (Å²) in [5.41, 5.74) is 26.2. The number of ether oxygens (including phenoxy) is 6. The Balaban J connectivity index is 0.000000322. The highest BCUT2D eigenvalue weighted by Crippen LogP contribution is 2.60. The molecule has 0 saturated carbocycles. The van der Waals surface area contributed by atoms with E-state index in [0.29, 0.717) is 53.2 Å². The maximum Gasteiger partial charge on any atom is 0.330 e. The molecular weight excluding hydrogens is 1550 g/mol. The number of nitrogens with zero attached hydrogens (tertiary/aromatic N) is 12. The van der Waals surface area contributed by atoms with Gasteiger partial charge in [0, 0.05) is 113 Å². The summed E-state index contributed by atoms with van der Waals surface area (Å²) in [7, 11) is 15.1. The van der Waals surface area contributed by atoms with Gasteiger partial charge in [-0.3, -0.25) is 70.9 Å². The van der Waals surface area contributed by atoms with Crippen LogP contribution in [0.5, 0.6) is 6.01 Å². The monoisotopic (exact) mass is 1640 g/mol. The number of hydrogen-bond acceptors (Lipinski definition) is 25. The molecule has 49 heteroatoms. The zero-order chi connectivity index (χ0) is 75.9. The molecule has 5 saturated heterocycles. The molecule has 23 atom stereocenters. The van der Waals surface area contributed by atoms with Crippen LogP contribution in [0.15, 0.2) is 84.4 Å². The summed E-state index contributed by atoms with van der Waals surface area (Å²) in [6, 6.07) is -0.346. The highest BCUT2D eigenvalue weighted by atomic mass is 32.7. The van der Waals surface area contributed by atoms with Crippen LogP contribution in [-0.4, -0.2) is 153 Å². The van der Waals surface area contributed by atoms with Crippen molar-refractivity contribution >= 4 is 97.5 Å². The Hall–Kier alpha value is -4.13. The molecule has 0 aromatic carbocycles. The van der Waals surface area contributed by atoms with Crippen LogP contribution in [0.25, 0.3) is 20.9 Å². The zero-order valence-corrected chi connectivity index (χ0v) is 69.2. The Morgan fingerprint density at radius 2 is 1.02 bits per heavy atom. The molecule has 6 aliphatic rings. The lowest BCUT2D eigenvalue weighted by atomic mass is 10.1. The van der Waals surface area contributed by atoms with Crippen molar-refractivity contribution in [2.45, 2.75) is 185 Å². The van der Waals surface area contributed by atoms with E-state index in [1.54, 1.807) is 40.8 Å². The molecule has 5 aromatic heterocycles. The number of aromatic nitrogens is 10. The summed E-state index contributed by atoms with van der Waals surface area (Å²) < 4.78 is 68.1. The maximum absolute atomic E-state index is 11.8. The Morgan fingerprint density at radius 3 is 1.41 bits per heavy atom. The summed E-state index contributed by atoms with van der Waals surface area (Å²) in [5.74, 6) is 0. The van der Waals surface area contributed by atoms with E-state index in [4.69, 9.17) is 60.2 Å². The number of aromatic amines is 4. The Kier molecular flexibility index (Phi) is 39.9. The Labute approximate surface area is 605 Å². The van der Waals surface area contributed by atoms with Crippen LogP contribution in [-0.2, 0) is 38.0 Å². The fourth-order valence-corrected chi connectivity index (χ4v) is 11.3. The van der Waals surface area contributed by atoms with Gasteiger partial charge in [0.15, 0.2) is 0 Å². The minimum absolute atomic E-state index is 0. The van der Waals surface area contributed by atoms with Gasteiger partial charge in [0.2, 0.25) is 0 Å². The first-order valence-corrected chi connectivity index (χ1v) is 46.0. The normalized spacial score (nSPS) is 25.3. The SMILES string of the molecule is CC[C@H]1O[C@@H](n2cc(C)c(=O)[nH]c2=O)C[C@H]1OS(C)(=O)=O.CC[C@H]1O[C@@H]2C[C@@H]1Oc1nc(=O)c(C)cn12.Cc1cn([C@H]2C[C@@H](N)[C@@H](CN)O2)c(=O)[nH]c1=O.Cc1cn([C@H]2C[C@@H](N=[N+]=[N-])[C@@H](CN=[N+]=[N-])O2)c(=O)[nH]c1=O.Cc1cn([C@H]2C[C@@H](O)[C@@H](CO)O2)c(=O)[nH]c1=O.P.PP.PP(P)P.PPP. The first kappa shape index (κ1) is 92.1. The molecule has 8 unspecified atom stereocenters. The van der Waals surface area contributed by atoms with Gasteiger partial charge in [0.05, 0.1) is 56.0 Å². The third kappa shape index (κ3) is 26.7. The van der Waals surface area contributed by atoms with E-state index in [1.807, 2.05) is 11.5 Å². The first-order valence-electron chi connectivity index (χ1n) is 30.7. The Morgan fingerprint density at radius 1 is 0.637 bits per heavy atom. The molecule has 38 nitrogen and oxygen atoms in total. The predicted octanol–water partition coefficient (Wildman–Crippen LogP) is 2.72. The number of H-pyrrole nitrogens is 4. The minimum Gasteiger partial charge on any atom is -0.458 e. The number of nitrogens with one attached hydrogen (secondary N) is 4. The third-order valence-electron chi connectivity index (χ3n) is 15.6. The fourth-order valence-electron chi connectivity index (χ4n) is 10.7. The molecule has 11 rings (SSSR count). The summed E-state index contributed by atoms with van der Waals surface area (Å²) in [6.45, 7) is 12.1. The molecule has 6 aliphatic heterocycles. The lowest BCUT2D eigenvalue weighted by molar-refractivity contribution is -0.0459. The van der Waals surface area contributed by atoms with Gasteiger partial charge >= 0.3 is 28.8 Å². The average molecular weight is 1640 g/mol. The van der Waals surface area contributed by atoms with Gasteiger partial charge in [-0.05, 0) is 65.5 Å². The molecular formula is C53H92N18O20P10S. The van der Waals surface area contributed by atoms with Gasteiger partial charge in [-0.25, -0.2) is 19.2 Å². The molecule has 102 heavy (non-hydrogen) atoms. The molecule has 570 valence electrons. The van der Waals surface area contributed by atoms with Gasteiger partial charge in [0.1, 0.15) is 49.5 Å². The van der Waals surface area contributed by atoms with E-state index in [0.717, 1.165) is 27.1 Å². The lowest BCUT2D eigenvalue weighted by Gasteiger charge is -2.23. The van der Waals surface area contributed by atoms with Crippen molar-refractivity contribution in [3.8, 4) is 6.01 Å². The highest BCUT2D eigenvalue weighted by molar-refractivity contribution is 8.65. The number of aliphatic hydroxyl groups is 2. The summed E-state index contributed by atoms with van der Waals surface area (Å²) in [5, 5.41) is 25.5. The second-order valence-corrected chi connectivity index (χ2v) is 40.5. The fraction of sp³-hybridized carbons (Fsp3) is 0.623. The van der Waals surface area contributed by atoms with Gasteiger partial charge in [-0.1, -0.05) is 32.0 Å². The summed E-state index contributed by atoms with van der Waals surface area (Å²) >= 11 is 0. The van der Waals surface area contributed by atoms with E-state index < -0.39 is 111 Å². The average Bonchev–Trinajstić information content (AvgIpc) is 1.63. The number of azide groups is 2. The molecule has 11 heterocycles. The molecule has 10 N–H and O–H groups in total. The second-order valence-electron chi connectivity index (χ2n) is 22.9. The number of hydrogen-bond donors (Lipinski definition) is 8. The van der Waals surface area contributed by atoms with Crippen LogP contribution >= 0.6 is 87.3 Å². The van der Waals surface area contributed by atoms with E-state index in [2.05, 4.69) is 114 Å². The molecule has 5 fully saturated rings. The maximum atomic E-state index is 11.8. The van der Waals surface area contributed by atoms with Gasteiger partial charge < -0.3 is 50.1 Å². The molecule has 5 aromatic rings. The topological polar surface area (TPSA) is 543 Å². The summed E-state index contributed by atoms with van der Waals surface area (Å²) in [6.07, 6.45) is 6.11. The van der Waals surface area contributed by atoms with Crippen LogP contribution in [0.1, 0.15) is 118 Å². The molecule has 0 amide bonds. The zero-order valence-electron chi connectivity index (χ0n) is 57.0. The Bertz CT molecular complexity index is 4260. The second kappa shape index (κ2) is 44.2. The van der Waals surface area contributed by atoms with E-state index in [9.17, 15) is 56.7 Å². The van der Waals surface area contributed by atoms with Crippen molar-refractivity contribution in [2.24, 2.45) is 21.7 Å². The quantitative estimate of drug-likeness (QED) is 0.0276.